The van der Waals surface area contributed by atoms with E-state index in [2.05, 4.69) is 30.9 Å². The first kappa shape index (κ1) is 28.1. The van der Waals surface area contributed by atoms with Crippen LogP contribution in [0, 0.1) is 13.8 Å². The lowest BCUT2D eigenvalue weighted by Crippen LogP contribution is -2.39. The quantitative estimate of drug-likeness (QED) is 0.301. The fourth-order valence-corrected chi connectivity index (χ4v) is 5.87. The maximum atomic E-state index is 14.1. The predicted molar refractivity (Wildman–Crippen MR) is 153 cm³/mol. The average molecular weight is 542 g/mol. The first-order chi connectivity index (χ1) is 18.4. The maximum Gasteiger partial charge on any atom is 0.260 e. The number of hydrogen-bond acceptors (Lipinski definition) is 8. The Labute approximate surface area is 229 Å². The van der Waals surface area contributed by atoms with Crippen molar-refractivity contribution in [3.05, 3.63) is 41.0 Å². The molecule has 38 heavy (non-hydrogen) atoms. The minimum absolute atomic E-state index is 0.134. The Morgan fingerprint density at radius 3 is 2.29 bits per heavy atom. The van der Waals surface area contributed by atoms with Crippen molar-refractivity contribution in [1.29, 1.82) is 0 Å². The molecule has 1 saturated heterocycles. The van der Waals surface area contributed by atoms with Crippen LogP contribution in [0.15, 0.2) is 24.3 Å². The van der Waals surface area contributed by atoms with Gasteiger partial charge in [0.1, 0.15) is 0 Å². The van der Waals surface area contributed by atoms with Crippen molar-refractivity contribution in [2.75, 3.05) is 64.1 Å². The highest BCUT2D eigenvalue weighted by Gasteiger charge is 2.26. The lowest BCUT2D eigenvalue weighted by molar-refractivity contribution is 0.0376. The molecule has 0 aliphatic carbocycles. The van der Waals surface area contributed by atoms with Crippen LogP contribution in [0.1, 0.15) is 48.7 Å². The molecule has 1 aromatic heterocycles. The zero-order valence-electron chi connectivity index (χ0n) is 23.2. The van der Waals surface area contributed by atoms with Gasteiger partial charge in [-0.05, 0) is 70.4 Å². The summed E-state index contributed by atoms with van der Waals surface area (Å²) in [4.78, 5) is 23.3. The number of amides is 1. The monoisotopic (exact) mass is 541 g/mol. The number of aromatic nitrogens is 1. The van der Waals surface area contributed by atoms with Crippen LogP contribution >= 0.6 is 11.3 Å². The molecular formula is C29H39N3O5S. The second-order valence-electron chi connectivity index (χ2n) is 9.29. The van der Waals surface area contributed by atoms with Crippen molar-refractivity contribution in [2.45, 2.75) is 41.0 Å². The summed E-state index contributed by atoms with van der Waals surface area (Å²) in [5, 5.41) is 0.700. The smallest absolute Gasteiger partial charge is 0.260 e. The van der Waals surface area contributed by atoms with E-state index in [0.717, 1.165) is 55.0 Å². The van der Waals surface area contributed by atoms with Crippen molar-refractivity contribution in [2.24, 2.45) is 0 Å². The third-order valence-electron chi connectivity index (χ3n) is 6.41. The van der Waals surface area contributed by atoms with Gasteiger partial charge in [0.2, 0.25) is 5.75 Å². The van der Waals surface area contributed by atoms with Crippen molar-refractivity contribution >= 4 is 32.6 Å². The Morgan fingerprint density at radius 1 is 1.00 bits per heavy atom. The van der Waals surface area contributed by atoms with Crippen molar-refractivity contribution < 1.29 is 23.7 Å². The van der Waals surface area contributed by atoms with Gasteiger partial charge in [0.05, 0.1) is 43.3 Å². The van der Waals surface area contributed by atoms with E-state index in [1.165, 1.54) is 5.56 Å². The van der Waals surface area contributed by atoms with Crippen LogP contribution in [0.3, 0.4) is 0 Å². The fourth-order valence-electron chi connectivity index (χ4n) is 4.70. The van der Waals surface area contributed by atoms with E-state index in [1.54, 1.807) is 28.4 Å². The number of rotatable bonds is 12. The summed E-state index contributed by atoms with van der Waals surface area (Å²) in [6.45, 7) is 16.0. The SMILES string of the molecule is CCOc1cc(C(=O)N(CCCN2CCOCC2)c2nc3c(C)cc(C)cc3s2)cc(OCC)c1OCC. The lowest BCUT2D eigenvalue weighted by atomic mass is 10.1. The molecule has 8 nitrogen and oxygen atoms in total. The molecule has 0 atom stereocenters. The Kier molecular flexibility index (Phi) is 9.82. The van der Waals surface area contributed by atoms with Gasteiger partial charge in [-0.2, -0.15) is 0 Å². The normalized spacial score (nSPS) is 14.0. The molecule has 206 valence electrons. The summed E-state index contributed by atoms with van der Waals surface area (Å²) in [6.07, 6.45) is 0.827. The van der Waals surface area contributed by atoms with Crippen LogP contribution in [0.25, 0.3) is 10.2 Å². The van der Waals surface area contributed by atoms with Crippen LogP contribution < -0.4 is 19.1 Å². The molecule has 0 N–H and O–H groups in total. The van der Waals surface area contributed by atoms with E-state index in [4.69, 9.17) is 23.9 Å². The minimum Gasteiger partial charge on any atom is -0.490 e. The van der Waals surface area contributed by atoms with E-state index >= 15 is 0 Å². The Morgan fingerprint density at radius 2 is 1.66 bits per heavy atom. The molecule has 0 bridgehead atoms. The number of anilines is 1. The summed E-state index contributed by atoms with van der Waals surface area (Å²) < 4.78 is 24.2. The molecule has 3 aromatic rings. The summed E-state index contributed by atoms with van der Waals surface area (Å²) in [7, 11) is 0. The highest BCUT2D eigenvalue weighted by molar-refractivity contribution is 7.22. The Hall–Kier alpha value is -2.88. The van der Waals surface area contributed by atoms with Gasteiger partial charge in [0.15, 0.2) is 16.6 Å². The second-order valence-corrected chi connectivity index (χ2v) is 10.3. The number of fused-ring (bicyclic) bond motifs is 1. The Balaban J connectivity index is 1.70. The standard InChI is InChI=1S/C29H39N3O5S/c1-6-35-23-18-22(19-24(36-7-2)27(23)37-8-3)28(33)32(11-9-10-31-12-14-34-15-13-31)29-30-26-21(5)16-20(4)17-25(26)38-29/h16-19H,6-15H2,1-5H3. The topological polar surface area (TPSA) is 73.4 Å². The molecule has 2 heterocycles. The first-order valence-corrected chi connectivity index (χ1v) is 14.3. The van der Waals surface area contributed by atoms with Gasteiger partial charge in [-0.15, -0.1) is 0 Å². The van der Waals surface area contributed by atoms with Gasteiger partial charge >= 0.3 is 0 Å². The Bertz CT molecular complexity index is 1210. The van der Waals surface area contributed by atoms with Gasteiger partial charge in [-0.25, -0.2) is 4.98 Å². The number of carbonyl (C=O) groups is 1. The summed E-state index contributed by atoms with van der Waals surface area (Å²) in [6, 6.07) is 7.79. The molecule has 1 aliphatic heterocycles. The zero-order valence-corrected chi connectivity index (χ0v) is 24.0. The van der Waals surface area contributed by atoms with Gasteiger partial charge < -0.3 is 18.9 Å². The molecule has 2 aromatic carbocycles. The molecule has 0 spiro atoms. The van der Waals surface area contributed by atoms with E-state index in [0.29, 0.717) is 54.3 Å². The predicted octanol–water partition coefficient (Wildman–Crippen LogP) is 5.48. The lowest BCUT2D eigenvalue weighted by Gasteiger charge is -2.28. The molecule has 1 aliphatic rings. The third-order valence-corrected chi connectivity index (χ3v) is 7.44. The second kappa shape index (κ2) is 13.3. The number of benzene rings is 2. The van der Waals surface area contributed by atoms with E-state index in [1.807, 2.05) is 20.8 Å². The van der Waals surface area contributed by atoms with Crippen LogP contribution in [-0.2, 0) is 4.74 Å². The van der Waals surface area contributed by atoms with Crippen molar-refractivity contribution in [3.63, 3.8) is 0 Å². The van der Waals surface area contributed by atoms with Gasteiger partial charge in [0.25, 0.3) is 5.91 Å². The zero-order chi connectivity index (χ0) is 27.1. The molecular weight excluding hydrogens is 502 g/mol. The van der Waals surface area contributed by atoms with Crippen molar-refractivity contribution in [3.8, 4) is 17.2 Å². The number of carbonyl (C=O) groups excluding carboxylic acids is 1. The number of nitrogens with zero attached hydrogens (tertiary/aromatic N) is 3. The van der Waals surface area contributed by atoms with Crippen LogP contribution in [0.4, 0.5) is 5.13 Å². The third kappa shape index (κ3) is 6.57. The maximum absolute atomic E-state index is 14.1. The number of morpholine rings is 1. The van der Waals surface area contributed by atoms with Gasteiger partial charge in [-0.3, -0.25) is 14.6 Å². The fraction of sp³-hybridized carbons (Fsp3) is 0.517. The molecule has 4 rings (SSSR count). The summed E-state index contributed by atoms with van der Waals surface area (Å²) in [5.74, 6) is 1.41. The minimum atomic E-state index is -0.134. The number of thiazole rings is 1. The van der Waals surface area contributed by atoms with E-state index in [9.17, 15) is 4.79 Å². The summed E-state index contributed by atoms with van der Waals surface area (Å²) >= 11 is 1.56. The molecule has 1 fully saturated rings. The van der Waals surface area contributed by atoms with Crippen molar-refractivity contribution in [1.82, 2.24) is 9.88 Å². The largest absolute Gasteiger partial charge is 0.490 e. The molecule has 0 saturated carbocycles. The highest BCUT2D eigenvalue weighted by Crippen LogP contribution is 2.40. The molecule has 9 heteroatoms. The summed E-state index contributed by atoms with van der Waals surface area (Å²) in [5.41, 5.74) is 3.73. The average Bonchev–Trinajstić information content (AvgIpc) is 3.33. The number of aryl methyl sites for hydroxylation is 2. The first-order valence-electron chi connectivity index (χ1n) is 13.5. The molecule has 0 radical (unpaired) electrons. The number of hydrogen-bond donors (Lipinski definition) is 0. The van der Waals surface area contributed by atoms with Gasteiger partial charge in [-0.1, -0.05) is 17.4 Å². The number of ether oxygens (including phenoxy) is 4. The van der Waals surface area contributed by atoms with E-state index < -0.39 is 0 Å². The van der Waals surface area contributed by atoms with Crippen LogP contribution in [0.2, 0.25) is 0 Å². The highest BCUT2D eigenvalue weighted by atomic mass is 32.1. The molecule has 1 amide bonds. The van der Waals surface area contributed by atoms with Crippen LogP contribution in [-0.4, -0.2) is 75.0 Å². The van der Waals surface area contributed by atoms with Crippen LogP contribution in [0.5, 0.6) is 17.2 Å². The van der Waals surface area contributed by atoms with E-state index in [-0.39, 0.29) is 5.91 Å². The van der Waals surface area contributed by atoms with Gasteiger partial charge in [0, 0.05) is 31.7 Å². The molecule has 0 unspecified atom stereocenters.